The highest BCUT2D eigenvalue weighted by atomic mass is 32.2. The summed E-state index contributed by atoms with van der Waals surface area (Å²) >= 11 is 1.44. The highest BCUT2D eigenvalue weighted by Crippen LogP contribution is 1.98. The van der Waals surface area contributed by atoms with Crippen LogP contribution in [0.5, 0.6) is 0 Å². The maximum atomic E-state index is 11.4. The topological polar surface area (TPSA) is 57.6 Å². The lowest BCUT2D eigenvalue weighted by Gasteiger charge is -2.17. The molecule has 0 aromatic heterocycles. The van der Waals surface area contributed by atoms with E-state index in [9.17, 15) is 9.59 Å². The van der Waals surface area contributed by atoms with Gasteiger partial charge in [0.25, 0.3) is 0 Å². The molecule has 0 saturated heterocycles. The number of hydrogen-bond acceptors (Lipinski definition) is 3. The van der Waals surface area contributed by atoms with E-state index in [2.05, 4.69) is 0 Å². The summed E-state index contributed by atoms with van der Waals surface area (Å²) in [5.41, 5.74) is 0. The van der Waals surface area contributed by atoms with Crippen LogP contribution >= 0.6 is 11.8 Å². The number of thioether (sulfide) groups is 1. The molecule has 0 aromatic carbocycles. The van der Waals surface area contributed by atoms with Crippen LogP contribution in [0, 0.1) is 0 Å². The van der Waals surface area contributed by atoms with Crippen molar-refractivity contribution in [2.75, 3.05) is 19.3 Å². The van der Waals surface area contributed by atoms with E-state index >= 15 is 0 Å². The summed E-state index contributed by atoms with van der Waals surface area (Å²) in [5, 5.41) is 10.1. The van der Waals surface area contributed by atoms with Crippen molar-refractivity contribution >= 4 is 23.6 Å². The first kappa shape index (κ1) is 13.0. The SMILES string of the molecule is CCN(CCC(=O)O)C(=O)/C=C/SC. The molecular weight excluding hydrogens is 202 g/mol. The first-order valence-corrected chi connectivity index (χ1v) is 5.60. The Kier molecular flexibility index (Phi) is 6.92. The first-order valence-electron chi connectivity index (χ1n) is 4.31. The first-order chi connectivity index (χ1) is 6.61. The molecule has 0 aliphatic carbocycles. The van der Waals surface area contributed by atoms with Crippen LogP contribution < -0.4 is 0 Å². The molecule has 4 nitrogen and oxygen atoms in total. The third-order valence-corrected chi connectivity index (χ3v) is 2.04. The molecule has 0 aliphatic rings. The number of carboxylic acid groups (broad SMARTS) is 1. The second kappa shape index (κ2) is 7.44. The summed E-state index contributed by atoms with van der Waals surface area (Å²) in [6.45, 7) is 2.63. The van der Waals surface area contributed by atoms with Crippen molar-refractivity contribution in [3.63, 3.8) is 0 Å². The quantitative estimate of drug-likeness (QED) is 0.679. The molecule has 14 heavy (non-hydrogen) atoms. The molecule has 0 atom stereocenters. The van der Waals surface area contributed by atoms with Crippen molar-refractivity contribution in [1.82, 2.24) is 4.90 Å². The normalized spacial score (nSPS) is 10.4. The van der Waals surface area contributed by atoms with Crippen LogP contribution in [0.3, 0.4) is 0 Å². The Morgan fingerprint density at radius 1 is 1.50 bits per heavy atom. The molecule has 80 valence electrons. The predicted molar refractivity (Wildman–Crippen MR) is 57.2 cm³/mol. The smallest absolute Gasteiger partial charge is 0.305 e. The van der Waals surface area contributed by atoms with Crippen LogP contribution in [-0.2, 0) is 9.59 Å². The molecular formula is C9H15NO3S. The minimum Gasteiger partial charge on any atom is -0.481 e. The fourth-order valence-corrected chi connectivity index (χ4v) is 1.14. The number of hydrogen-bond donors (Lipinski definition) is 1. The second-order valence-corrected chi connectivity index (χ2v) is 3.34. The van der Waals surface area contributed by atoms with Gasteiger partial charge in [0.05, 0.1) is 6.42 Å². The van der Waals surface area contributed by atoms with E-state index < -0.39 is 5.97 Å². The van der Waals surface area contributed by atoms with Gasteiger partial charge in [-0.1, -0.05) is 0 Å². The van der Waals surface area contributed by atoms with E-state index in [1.807, 2.05) is 13.2 Å². The summed E-state index contributed by atoms with van der Waals surface area (Å²) in [4.78, 5) is 23.2. The third kappa shape index (κ3) is 5.64. The van der Waals surface area contributed by atoms with Gasteiger partial charge in [0.2, 0.25) is 5.91 Å². The zero-order valence-corrected chi connectivity index (χ0v) is 9.21. The van der Waals surface area contributed by atoms with Gasteiger partial charge in [-0.05, 0) is 18.6 Å². The average molecular weight is 217 g/mol. The van der Waals surface area contributed by atoms with Gasteiger partial charge in [0, 0.05) is 19.2 Å². The Morgan fingerprint density at radius 3 is 2.57 bits per heavy atom. The summed E-state index contributed by atoms with van der Waals surface area (Å²) in [6.07, 6.45) is 3.31. The average Bonchev–Trinajstić information content (AvgIpc) is 2.15. The number of carboxylic acids is 1. The van der Waals surface area contributed by atoms with Gasteiger partial charge in [-0.2, -0.15) is 0 Å². The van der Waals surface area contributed by atoms with Crippen molar-refractivity contribution in [3.8, 4) is 0 Å². The van der Waals surface area contributed by atoms with Crippen molar-refractivity contribution < 1.29 is 14.7 Å². The van der Waals surface area contributed by atoms with E-state index in [0.29, 0.717) is 6.54 Å². The highest BCUT2D eigenvalue weighted by Gasteiger charge is 2.09. The molecule has 1 N–H and O–H groups in total. The predicted octanol–water partition coefficient (Wildman–Crippen LogP) is 1.19. The lowest BCUT2D eigenvalue weighted by atomic mass is 10.3. The Labute approximate surface area is 88.0 Å². The zero-order valence-electron chi connectivity index (χ0n) is 8.40. The van der Waals surface area contributed by atoms with Gasteiger partial charge >= 0.3 is 5.97 Å². The molecule has 0 aromatic rings. The molecule has 0 aliphatic heterocycles. The maximum Gasteiger partial charge on any atom is 0.305 e. The molecule has 0 radical (unpaired) electrons. The van der Waals surface area contributed by atoms with Crippen LogP contribution in [0.1, 0.15) is 13.3 Å². The fourth-order valence-electron chi connectivity index (χ4n) is 0.886. The lowest BCUT2D eigenvalue weighted by Crippen LogP contribution is -2.31. The van der Waals surface area contributed by atoms with Crippen molar-refractivity contribution in [2.24, 2.45) is 0 Å². The molecule has 0 rings (SSSR count). The number of rotatable bonds is 6. The van der Waals surface area contributed by atoms with E-state index in [0.717, 1.165) is 0 Å². The molecule has 0 heterocycles. The number of amides is 1. The van der Waals surface area contributed by atoms with Gasteiger partial charge in [-0.3, -0.25) is 9.59 Å². The van der Waals surface area contributed by atoms with Gasteiger partial charge in [0.1, 0.15) is 0 Å². The van der Waals surface area contributed by atoms with Crippen LogP contribution in [-0.4, -0.2) is 41.2 Å². The van der Waals surface area contributed by atoms with Crippen molar-refractivity contribution in [2.45, 2.75) is 13.3 Å². The third-order valence-electron chi connectivity index (χ3n) is 1.64. The van der Waals surface area contributed by atoms with Crippen LogP contribution in [0.2, 0.25) is 0 Å². The monoisotopic (exact) mass is 217 g/mol. The van der Waals surface area contributed by atoms with E-state index in [1.54, 1.807) is 5.41 Å². The van der Waals surface area contributed by atoms with E-state index in [1.165, 1.54) is 22.7 Å². The largest absolute Gasteiger partial charge is 0.481 e. The fraction of sp³-hybridized carbons (Fsp3) is 0.556. The summed E-state index contributed by atoms with van der Waals surface area (Å²) in [6, 6.07) is 0. The Hall–Kier alpha value is -0.970. The van der Waals surface area contributed by atoms with Gasteiger partial charge in [0.15, 0.2) is 0 Å². The number of aliphatic carboxylic acids is 1. The zero-order chi connectivity index (χ0) is 11.0. The summed E-state index contributed by atoms with van der Waals surface area (Å²) in [5.74, 6) is -1.02. The molecule has 5 heteroatoms. The number of carbonyl (C=O) groups excluding carboxylic acids is 1. The van der Waals surface area contributed by atoms with Gasteiger partial charge in [-0.25, -0.2) is 0 Å². The van der Waals surface area contributed by atoms with E-state index in [4.69, 9.17) is 5.11 Å². The molecule has 0 fully saturated rings. The Bertz CT molecular complexity index is 228. The molecule has 0 unspecified atom stereocenters. The van der Waals surface area contributed by atoms with Gasteiger partial charge < -0.3 is 10.0 Å². The molecule has 1 amide bonds. The minimum absolute atomic E-state index is 0.00725. The second-order valence-electron chi connectivity index (χ2n) is 2.60. The minimum atomic E-state index is -0.884. The summed E-state index contributed by atoms with van der Waals surface area (Å²) < 4.78 is 0. The van der Waals surface area contributed by atoms with Crippen LogP contribution in [0.15, 0.2) is 11.5 Å². The summed E-state index contributed by atoms with van der Waals surface area (Å²) in [7, 11) is 0. The maximum absolute atomic E-state index is 11.4. The number of likely N-dealkylation sites (N-methyl/N-ethyl adjacent to an activating group) is 1. The van der Waals surface area contributed by atoms with E-state index in [-0.39, 0.29) is 18.9 Å². The van der Waals surface area contributed by atoms with Gasteiger partial charge in [-0.15, -0.1) is 11.8 Å². The van der Waals surface area contributed by atoms with Crippen LogP contribution in [0.25, 0.3) is 0 Å². The molecule has 0 spiro atoms. The lowest BCUT2D eigenvalue weighted by molar-refractivity contribution is -0.137. The van der Waals surface area contributed by atoms with Crippen molar-refractivity contribution in [3.05, 3.63) is 11.5 Å². The van der Waals surface area contributed by atoms with Crippen LogP contribution in [0.4, 0.5) is 0 Å². The Morgan fingerprint density at radius 2 is 2.14 bits per heavy atom. The molecule has 0 bridgehead atoms. The number of carbonyl (C=O) groups is 2. The number of nitrogens with zero attached hydrogens (tertiary/aromatic N) is 1. The van der Waals surface area contributed by atoms with Crippen molar-refractivity contribution in [1.29, 1.82) is 0 Å². The highest BCUT2D eigenvalue weighted by molar-refractivity contribution is 8.01. The molecule has 0 saturated carbocycles. The standard InChI is InChI=1S/C9H15NO3S/c1-3-10(6-4-9(12)13)8(11)5-7-14-2/h5,7H,3-4,6H2,1-2H3,(H,12,13)/b7-5+. The Balaban J connectivity index is 4.05.